The first-order valence-electron chi connectivity index (χ1n) is 6.24. The van der Waals surface area contributed by atoms with E-state index >= 15 is 0 Å². The van der Waals surface area contributed by atoms with Gasteiger partial charge in [-0.1, -0.05) is 11.6 Å². The molecule has 1 aromatic carbocycles. The summed E-state index contributed by atoms with van der Waals surface area (Å²) in [5.41, 5.74) is 0.837. The third-order valence-electron chi connectivity index (χ3n) is 2.67. The van der Waals surface area contributed by atoms with Crippen molar-refractivity contribution in [2.75, 3.05) is 19.5 Å². The number of halogens is 2. The van der Waals surface area contributed by atoms with Crippen LogP contribution in [-0.4, -0.2) is 24.1 Å². The number of thioether (sulfide) groups is 1. The third-order valence-corrected chi connectivity index (χ3v) is 4.76. The lowest BCUT2D eigenvalue weighted by Gasteiger charge is -2.10. The van der Waals surface area contributed by atoms with E-state index in [0.717, 1.165) is 31.7 Å². The Balaban J connectivity index is 2.15. The Morgan fingerprint density at radius 1 is 1.29 bits per heavy atom. The molecular weight excluding hydrogens is 374 g/mol. The number of benzene rings is 1. The maximum absolute atomic E-state index is 5.88. The largest absolute Gasteiger partial charge is 0.378 e. The van der Waals surface area contributed by atoms with Gasteiger partial charge in [0, 0.05) is 24.1 Å². The lowest BCUT2D eigenvalue weighted by Crippen LogP contribution is -2.05. The number of hydrogen-bond donors (Lipinski definition) is 1. The van der Waals surface area contributed by atoms with Gasteiger partial charge < -0.3 is 10.1 Å². The number of ether oxygens (including phenoxy) is 1. The van der Waals surface area contributed by atoms with E-state index in [1.165, 1.54) is 0 Å². The second kappa shape index (κ2) is 7.98. The molecule has 0 saturated carbocycles. The van der Waals surface area contributed by atoms with Gasteiger partial charge in [-0.05, 0) is 40.2 Å². The zero-order valence-corrected chi connectivity index (χ0v) is 14.8. The summed E-state index contributed by atoms with van der Waals surface area (Å²) in [6.07, 6.45) is 0. The van der Waals surface area contributed by atoms with Crippen molar-refractivity contribution in [3.63, 3.8) is 0 Å². The van der Waals surface area contributed by atoms with E-state index in [-0.39, 0.29) is 0 Å². The quantitative estimate of drug-likeness (QED) is 0.744. The fourth-order valence-corrected chi connectivity index (χ4v) is 3.06. The number of nitrogens with zero attached hydrogens (tertiary/aromatic N) is 2. The van der Waals surface area contributed by atoms with Crippen LogP contribution < -0.4 is 5.32 Å². The van der Waals surface area contributed by atoms with Gasteiger partial charge in [0.05, 0.1) is 22.5 Å². The fraction of sp³-hybridized carbons (Fsp3) is 0.286. The molecule has 0 radical (unpaired) electrons. The number of anilines is 1. The van der Waals surface area contributed by atoms with Crippen molar-refractivity contribution >= 4 is 45.1 Å². The highest BCUT2D eigenvalue weighted by atomic mass is 79.9. The maximum atomic E-state index is 5.88. The van der Waals surface area contributed by atoms with Crippen LogP contribution in [0.25, 0.3) is 0 Å². The molecule has 2 rings (SSSR count). The molecule has 112 valence electrons. The summed E-state index contributed by atoms with van der Waals surface area (Å²) in [5.74, 6) is 2.21. The number of nitrogens with one attached hydrogen (secondary N) is 1. The molecule has 1 aromatic heterocycles. The van der Waals surface area contributed by atoms with Crippen LogP contribution in [0.4, 0.5) is 5.82 Å². The van der Waals surface area contributed by atoms with Crippen molar-refractivity contribution < 1.29 is 4.74 Å². The van der Waals surface area contributed by atoms with E-state index < -0.39 is 0 Å². The summed E-state index contributed by atoms with van der Waals surface area (Å²) >= 11 is 11.0. The zero-order chi connectivity index (χ0) is 15.2. The first kappa shape index (κ1) is 16.5. The lowest BCUT2D eigenvalue weighted by molar-refractivity contribution is 0.180. The predicted molar refractivity (Wildman–Crippen MR) is 91.0 cm³/mol. The van der Waals surface area contributed by atoms with Gasteiger partial charge >= 0.3 is 0 Å². The number of methoxy groups -OCH3 is 1. The van der Waals surface area contributed by atoms with Gasteiger partial charge in [-0.2, -0.15) is 0 Å². The highest BCUT2D eigenvalue weighted by molar-refractivity contribution is 9.10. The molecule has 0 aliphatic heterocycles. The average molecular weight is 389 g/mol. The Kier molecular flexibility index (Phi) is 6.29. The summed E-state index contributed by atoms with van der Waals surface area (Å²) in [6, 6.07) is 7.73. The molecule has 0 bridgehead atoms. The lowest BCUT2D eigenvalue weighted by atomic mass is 10.4. The van der Waals surface area contributed by atoms with Crippen molar-refractivity contribution in [1.82, 2.24) is 9.97 Å². The molecule has 4 nitrogen and oxygen atoms in total. The summed E-state index contributed by atoms with van der Waals surface area (Å²) in [5, 5.41) is 3.80. The molecule has 0 aliphatic carbocycles. The van der Waals surface area contributed by atoms with Crippen LogP contribution >= 0.6 is 39.3 Å². The van der Waals surface area contributed by atoms with Crippen LogP contribution in [0.1, 0.15) is 11.5 Å². The van der Waals surface area contributed by atoms with Gasteiger partial charge in [0.25, 0.3) is 0 Å². The first-order chi connectivity index (χ1) is 10.1. The van der Waals surface area contributed by atoms with E-state index in [1.807, 2.05) is 31.3 Å². The highest BCUT2D eigenvalue weighted by Crippen LogP contribution is 2.27. The topological polar surface area (TPSA) is 47.0 Å². The standard InChI is InChI=1S/C14H15BrClN3OS/c1-17-14-13(15)11(7-20-2)18-12(19-14)8-21-10-5-3-9(16)4-6-10/h3-6H,7-8H2,1-2H3,(H,17,18,19). The molecule has 1 N–H and O–H groups in total. The maximum Gasteiger partial charge on any atom is 0.144 e. The monoisotopic (exact) mass is 387 g/mol. The molecule has 7 heteroatoms. The van der Waals surface area contributed by atoms with Crippen LogP contribution in [0.5, 0.6) is 0 Å². The molecule has 0 atom stereocenters. The third kappa shape index (κ3) is 4.57. The van der Waals surface area contributed by atoms with E-state index in [1.54, 1.807) is 18.9 Å². The van der Waals surface area contributed by atoms with Crippen LogP contribution in [-0.2, 0) is 17.1 Å². The summed E-state index contributed by atoms with van der Waals surface area (Å²) in [7, 11) is 3.48. The summed E-state index contributed by atoms with van der Waals surface area (Å²) in [6.45, 7) is 0.441. The van der Waals surface area contributed by atoms with Gasteiger partial charge in [0.2, 0.25) is 0 Å². The number of hydrogen-bond acceptors (Lipinski definition) is 5. The zero-order valence-electron chi connectivity index (χ0n) is 11.7. The smallest absolute Gasteiger partial charge is 0.144 e. The predicted octanol–water partition coefficient (Wildman–Crippen LogP) is 4.37. The van der Waals surface area contributed by atoms with Crippen molar-refractivity contribution in [2.45, 2.75) is 17.3 Å². The summed E-state index contributed by atoms with van der Waals surface area (Å²) < 4.78 is 6.01. The van der Waals surface area contributed by atoms with Crippen molar-refractivity contribution in [3.8, 4) is 0 Å². The Bertz CT molecular complexity index is 610. The van der Waals surface area contributed by atoms with Gasteiger partial charge in [-0.15, -0.1) is 11.8 Å². The normalized spacial score (nSPS) is 10.7. The summed E-state index contributed by atoms with van der Waals surface area (Å²) in [4.78, 5) is 10.2. The Morgan fingerprint density at radius 3 is 2.62 bits per heavy atom. The highest BCUT2D eigenvalue weighted by Gasteiger charge is 2.11. The molecular formula is C14H15BrClN3OS. The minimum absolute atomic E-state index is 0.441. The first-order valence-corrected chi connectivity index (χ1v) is 8.40. The van der Waals surface area contributed by atoms with Gasteiger partial charge in [0.1, 0.15) is 11.6 Å². The van der Waals surface area contributed by atoms with E-state index in [9.17, 15) is 0 Å². The fourth-order valence-electron chi connectivity index (χ4n) is 1.69. The minimum Gasteiger partial charge on any atom is -0.378 e. The average Bonchev–Trinajstić information content (AvgIpc) is 2.49. The van der Waals surface area contributed by atoms with E-state index in [0.29, 0.717) is 12.4 Å². The van der Waals surface area contributed by atoms with Crippen LogP contribution in [0, 0.1) is 0 Å². The molecule has 21 heavy (non-hydrogen) atoms. The van der Waals surface area contributed by atoms with Crippen LogP contribution in [0.2, 0.25) is 5.02 Å². The van der Waals surface area contributed by atoms with Crippen LogP contribution in [0.15, 0.2) is 33.6 Å². The van der Waals surface area contributed by atoms with Gasteiger partial charge in [0.15, 0.2) is 0 Å². The van der Waals surface area contributed by atoms with Crippen molar-refractivity contribution in [1.29, 1.82) is 0 Å². The second-order valence-electron chi connectivity index (χ2n) is 4.17. The molecule has 0 spiro atoms. The Labute approximate surface area is 141 Å². The Hall–Kier alpha value is -0.820. The molecule has 0 aliphatic rings. The molecule has 1 heterocycles. The molecule has 0 amide bonds. The Morgan fingerprint density at radius 2 is 2.00 bits per heavy atom. The minimum atomic E-state index is 0.441. The SMILES string of the molecule is CNc1nc(CSc2ccc(Cl)cc2)nc(COC)c1Br. The molecule has 2 aromatic rings. The van der Waals surface area contributed by atoms with E-state index in [4.69, 9.17) is 16.3 Å². The second-order valence-corrected chi connectivity index (χ2v) is 6.45. The van der Waals surface area contributed by atoms with Crippen LogP contribution in [0.3, 0.4) is 0 Å². The van der Waals surface area contributed by atoms with Crippen molar-refractivity contribution in [2.24, 2.45) is 0 Å². The van der Waals surface area contributed by atoms with E-state index in [2.05, 4.69) is 31.2 Å². The van der Waals surface area contributed by atoms with Gasteiger partial charge in [-0.3, -0.25) is 0 Å². The molecule has 0 saturated heterocycles. The molecule has 0 unspecified atom stereocenters. The van der Waals surface area contributed by atoms with Gasteiger partial charge in [-0.25, -0.2) is 9.97 Å². The molecule has 0 fully saturated rings. The number of aromatic nitrogens is 2. The number of rotatable bonds is 6. The van der Waals surface area contributed by atoms with Crippen molar-refractivity contribution in [3.05, 3.63) is 45.3 Å².